The lowest BCUT2D eigenvalue weighted by atomic mass is 9.97. The van der Waals surface area contributed by atoms with Gasteiger partial charge in [-0.15, -0.1) is 5.54 Å². The minimum absolute atomic E-state index is 0.222. The van der Waals surface area contributed by atoms with E-state index in [4.69, 9.17) is 4.74 Å². The summed E-state index contributed by atoms with van der Waals surface area (Å²) in [4.78, 5) is 11.1. The number of ether oxygens (including phenoxy) is 2. The summed E-state index contributed by atoms with van der Waals surface area (Å²) < 4.78 is 9.72. The second-order valence-corrected chi connectivity index (χ2v) is 9.90. The quantitative estimate of drug-likeness (QED) is 0.408. The highest BCUT2D eigenvalue weighted by atomic mass is 28.3. The molecule has 0 aliphatic heterocycles. The fourth-order valence-electron chi connectivity index (χ4n) is 1.53. The van der Waals surface area contributed by atoms with E-state index in [0.29, 0.717) is 0 Å². The number of rotatable bonds is 1. The summed E-state index contributed by atoms with van der Waals surface area (Å²) in [6.07, 6.45) is 4.10. The molecule has 17 heavy (non-hydrogen) atoms. The van der Waals surface area contributed by atoms with Crippen LogP contribution >= 0.6 is 0 Å². The smallest absolute Gasteiger partial charge is 0.438 e. The number of hydrogen-bond acceptors (Lipinski definition) is 3. The molecular weight excluding hydrogens is 232 g/mol. The van der Waals surface area contributed by atoms with Crippen LogP contribution in [0.3, 0.4) is 0 Å². The number of methoxy groups -OCH3 is 1. The minimum Gasteiger partial charge on any atom is -0.438 e. The van der Waals surface area contributed by atoms with Crippen molar-refractivity contribution < 1.29 is 14.3 Å². The molecule has 0 bridgehead atoms. The minimum atomic E-state index is -1.39. The van der Waals surface area contributed by atoms with Crippen molar-refractivity contribution in [2.75, 3.05) is 7.11 Å². The normalized spacial score (nSPS) is 19.8. The maximum absolute atomic E-state index is 11.1. The Labute approximate surface area is 104 Å². The van der Waals surface area contributed by atoms with E-state index in [-0.39, 0.29) is 6.10 Å². The van der Waals surface area contributed by atoms with Crippen LogP contribution in [0.25, 0.3) is 0 Å². The molecule has 1 aliphatic rings. The molecule has 0 radical (unpaired) electrons. The van der Waals surface area contributed by atoms with Gasteiger partial charge in [0, 0.05) is 5.57 Å². The van der Waals surface area contributed by atoms with E-state index in [2.05, 4.69) is 41.9 Å². The average molecular weight is 252 g/mol. The lowest BCUT2D eigenvalue weighted by molar-refractivity contribution is 0.0457. The number of hydrogen-bond donors (Lipinski definition) is 0. The van der Waals surface area contributed by atoms with Crippen LogP contribution < -0.4 is 0 Å². The van der Waals surface area contributed by atoms with Gasteiger partial charge < -0.3 is 9.47 Å². The molecule has 0 amide bonds. The van der Waals surface area contributed by atoms with Crippen molar-refractivity contribution >= 4 is 14.2 Å². The van der Waals surface area contributed by atoms with E-state index in [1.165, 1.54) is 7.11 Å². The molecule has 0 aromatic carbocycles. The van der Waals surface area contributed by atoms with Gasteiger partial charge in [-0.25, -0.2) is 4.79 Å². The monoisotopic (exact) mass is 252 g/mol. The van der Waals surface area contributed by atoms with Crippen LogP contribution in [-0.4, -0.2) is 27.4 Å². The molecule has 1 aliphatic carbocycles. The van der Waals surface area contributed by atoms with E-state index in [0.717, 1.165) is 24.8 Å². The third-order valence-corrected chi connectivity index (χ3v) is 3.24. The van der Waals surface area contributed by atoms with Gasteiger partial charge >= 0.3 is 6.16 Å². The fraction of sp³-hybridized carbons (Fsp3) is 0.615. The third kappa shape index (κ3) is 5.09. The van der Waals surface area contributed by atoms with Gasteiger partial charge in [0.25, 0.3) is 0 Å². The van der Waals surface area contributed by atoms with Gasteiger partial charge in [0.05, 0.1) is 7.11 Å². The third-order valence-electron chi connectivity index (χ3n) is 2.37. The van der Waals surface area contributed by atoms with E-state index in [9.17, 15) is 4.79 Å². The molecule has 0 saturated heterocycles. The van der Waals surface area contributed by atoms with Crippen LogP contribution in [0.5, 0.6) is 0 Å². The summed E-state index contributed by atoms with van der Waals surface area (Å²) in [6.45, 7) is 6.58. The van der Waals surface area contributed by atoms with Gasteiger partial charge in [0.2, 0.25) is 0 Å². The lowest BCUT2D eigenvalue weighted by Crippen LogP contribution is -2.23. The van der Waals surface area contributed by atoms with Crippen LogP contribution in [-0.2, 0) is 9.47 Å². The molecule has 4 heteroatoms. The maximum Gasteiger partial charge on any atom is 0.508 e. The Balaban J connectivity index is 2.75. The lowest BCUT2D eigenvalue weighted by Gasteiger charge is -2.20. The highest BCUT2D eigenvalue weighted by molar-refractivity contribution is 6.83. The summed E-state index contributed by atoms with van der Waals surface area (Å²) in [5.41, 5.74) is 4.24. The highest BCUT2D eigenvalue weighted by Crippen LogP contribution is 2.21. The van der Waals surface area contributed by atoms with Gasteiger partial charge in [-0.1, -0.05) is 31.6 Å². The van der Waals surface area contributed by atoms with Crippen molar-refractivity contribution in [2.24, 2.45) is 0 Å². The first-order chi connectivity index (χ1) is 7.92. The van der Waals surface area contributed by atoms with Crippen LogP contribution in [0.2, 0.25) is 19.6 Å². The SMILES string of the molecule is COC(=O)OC1CCCC=C1C#C[Si](C)(C)C. The van der Waals surface area contributed by atoms with Crippen molar-refractivity contribution in [2.45, 2.75) is 45.0 Å². The van der Waals surface area contributed by atoms with Gasteiger partial charge in [0.1, 0.15) is 14.2 Å². The van der Waals surface area contributed by atoms with Crippen molar-refractivity contribution in [3.05, 3.63) is 11.6 Å². The average Bonchev–Trinajstić information content (AvgIpc) is 2.26. The zero-order chi connectivity index (χ0) is 12.9. The van der Waals surface area contributed by atoms with E-state index < -0.39 is 14.2 Å². The summed E-state index contributed by atoms with van der Waals surface area (Å²) >= 11 is 0. The summed E-state index contributed by atoms with van der Waals surface area (Å²) in [6, 6.07) is 0. The molecular formula is C13H20O3Si. The first-order valence-corrected chi connectivity index (χ1v) is 9.40. The van der Waals surface area contributed by atoms with Crippen LogP contribution in [0, 0.1) is 11.5 Å². The second-order valence-electron chi connectivity index (χ2n) is 5.15. The second kappa shape index (κ2) is 5.92. The number of carbonyl (C=O) groups is 1. The fourth-order valence-corrected chi connectivity index (χ4v) is 2.04. The van der Waals surface area contributed by atoms with Crippen molar-refractivity contribution in [3.8, 4) is 11.5 Å². The molecule has 1 rings (SSSR count). The first kappa shape index (κ1) is 13.9. The van der Waals surface area contributed by atoms with Crippen LogP contribution in [0.1, 0.15) is 19.3 Å². The molecule has 0 spiro atoms. The van der Waals surface area contributed by atoms with E-state index in [1.807, 2.05) is 0 Å². The Morgan fingerprint density at radius 2 is 2.18 bits per heavy atom. The van der Waals surface area contributed by atoms with Crippen molar-refractivity contribution in [1.29, 1.82) is 0 Å². The Bertz CT molecular complexity index is 368. The molecule has 0 aromatic rings. The van der Waals surface area contributed by atoms with Crippen molar-refractivity contribution in [3.63, 3.8) is 0 Å². The zero-order valence-corrected chi connectivity index (χ0v) is 12.0. The Morgan fingerprint density at radius 1 is 1.47 bits per heavy atom. The molecule has 1 atom stereocenters. The molecule has 3 nitrogen and oxygen atoms in total. The summed E-state index contributed by atoms with van der Waals surface area (Å²) in [7, 11) is -0.0710. The largest absolute Gasteiger partial charge is 0.508 e. The molecule has 94 valence electrons. The highest BCUT2D eigenvalue weighted by Gasteiger charge is 2.21. The molecule has 0 N–H and O–H groups in total. The predicted molar refractivity (Wildman–Crippen MR) is 70.3 cm³/mol. The summed E-state index contributed by atoms with van der Waals surface area (Å²) in [5, 5.41) is 0. The number of allylic oxidation sites excluding steroid dienone is 1. The van der Waals surface area contributed by atoms with Gasteiger partial charge in [-0.3, -0.25) is 0 Å². The Morgan fingerprint density at radius 3 is 2.76 bits per heavy atom. The molecule has 0 fully saturated rings. The molecule has 1 unspecified atom stereocenters. The van der Waals surface area contributed by atoms with Gasteiger partial charge in [-0.05, 0) is 19.3 Å². The predicted octanol–water partition coefficient (Wildman–Crippen LogP) is 3.13. The standard InChI is InChI=1S/C13H20O3Si/c1-15-13(14)16-12-8-6-5-7-11(12)9-10-17(2,3)4/h7,12H,5-6,8H2,1-4H3. The van der Waals surface area contributed by atoms with E-state index in [1.54, 1.807) is 0 Å². The molecule has 0 saturated carbocycles. The number of carbonyl (C=O) groups excluding carboxylic acids is 1. The summed E-state index contributed by atoms with van der Waals surface area (Å²) in [5.74, 6) is 3.18. The molecule has 0 heterocycles. The van der Waals surface area contributed by atoms with Crippen LogP contribution in [0.15, 0.2) is 11.6 Å². The van der Waals surface area contributed by atoms with Gasteiger partial charge in [-0.2, -0.15) is 0 Å². The zero-order valence-electron chi connectivity index (χ0n) is 11.0. The maximum atomic E-state index is 11.1. The van der Waals surface area contributed by atoms with Gasteiger partial charge in [0.15, 0.2) is 0 Å². The first-order valence-electron chi connectivity index (χ1n) is 5.90. The van der Waals surface area contributed by atoms with Crippen molar-refractivity contribution in [1.82, 2.24) is 0 Å². The topological polar surface area (TPSA) is 35.5 Å². The molecule has 0 aromatic heterocycles. The van der Waals surface area contributed by atoms with Crippen LogP contribution in [0.4, 0.5) is 4.79 Å². The Kier molecular flexibility index (Phi) is 4.82. The Hall–Kier alpha value is -1.21. The van der Waals surface area contributed by atoms with E-state index >= 15 is 0 Å².